The molecule has 3 aromatic carbocycles. The molecule has 0 spiro atoms. The van der Waals surface area contributed by atoms with E-state index >= 15 is 0 Å². The zero-order valence-electron chi connectivity index (χ0n) is 19.2. The lowest BCUT2D eigenvalue weighted by Crippen LogP contribution is -2.48. The highest BCUT2D eigenvalue weighted by Crippen LogP contribution is 2.31. The van der Waals surface area contributed by atoms with Crippen molar-refractivity contribution < 1.29 is 9.59 Å². The third-order valence-corrected chi connectivity index (χ3v) is 6.02. The molecule has 0 saturated carbocycles. The number of amides is 2. The fraction of sp³-hybridized carbons (Fsp3) is 0.259. The fourth-order valence-electron chi connectivity index (χ4n) is 4.16. The van der Waals surface area contributed by atoms with Crippen LogP contribution in [0.4, 0.5) is 17.1 Å². The SMILES string of the molecule is CCNC(=O)c1ccc(N2CCN(C(=O)c3ccccc3)CC2)cc1N(C)c1ccccc1. The molecule has 0 bridgehead atoms. The van der Waals surface area contributed by atoms with Gasteiger partial charge in [-0.25, -0.2) is 0 Å². The van der Waals surface area contributed by atoms with Crippen LogP contribution in [0.2, 0.25) is 0 Å². The van der Waals surface area contributed by atoms with Gasteiger partial charge in [0.05, 0.1) is 11.3 Å². The summed E-state index contributed by atoms with van der Waals surface area (Å²) < 4.78 is 0. The molecule has 33 heavy (non-hydrogen) atoms. The van der Waals surface area contributed by atoms with Gasteiger partial charge in [0.25, 0.3) is 11.8 Å². The number of nitrogens with one attached hydrogen (secondary N) is 1. The Bertz CT molecular complexity index is 1090. The molecule has 4 rings (SSSR count). The van der Waals surface area contributed by atoms with Gasteiger partial charge in [-0.15, -0.1) is 0 Å². The molecule has 3 aromatic rings. The van der Waals surface area contributed by atoms with E-state index in [1.807, 2.05) is 96.6 Å². The zero-order chi connectivity index (χ0) is 23.2. The number of piperazine rings is 1. The summed E-state index contributed by atoms with van der Waals surface area (Å²) in [5.74, 6) is -0.00792. The molecule has 1 aliphatic heterocycles. The number of benzene rings is 3. The molecule has 0 unspecified atom stereocenters. The highest BCUT2D eigenvalue weighted by atomic mass is 16.2. The van der Waals surface area contributed by atoms with Crippen LogP contribution in [0.25, 0.3) is 0 Å². The molecule has 1 N–H and O–H groups in total. The Balaban J connectivity index is 1.55. The summed E-state index contributed by atoms with van der Waals surface area (Å²) in [5.41, 5.74) is 4.28. The first-order chi connectivity index (χ1) is 16.1. The number of rotatable bonds is 6. The van der Waals surface area contributed by atoms with Crippen LogP contribution in [-0.4, -0.2) is 56.5 Å². The van der Waals surface area contributed by atoms with Crippen LogP contribution in [0.15, 0.2) is 78.9 Å². The summed E-state index contributed by atoms with van der Waals surface area (Å²) in [5, 5.41) is 2.92. The third-order valence-electron chi connectivity index (χ3n) is 6.02. The van der Waals surface area contributed by atoms with Gasteiger partial charge in [0, 0.05) is 56.7 Å². The zero-order valence-corrected chi connectivity index (χ0v) is 19.2. The second-order valence-corrected chi connectivity index (χ2v) is 8.10. The molecule has 0 radical (unpaired) electrons. The van der Waals surface area contributed by atoms with Gasteiger partial charge in [0.15, 0.2) is 0 Å². The average Bonchev–Trinajstić information content (AvgIpc) is 2.88. The van der Waals surface area contributed by atoms with Gasteiger partial charge in [0.1, 0.15) is 0 Å². The molecule has 0 atom stereocenters. The van der Waals surface area contributed by atoms with Crippen LogP contribution in [-0.2, 0) is 0 Å². The molecule has 170 valence electrons. The van der Waals surface area contributed by atoms with Crippen LogP contribution in [0.3, 0.4) is 0 Å². The molecule has 1 saturated heterocycles. The normalized spacial score (nSPS) is 13.5. The standard InChI is InChI=1S/C27H30N4O2/c1-3-28-26(32)24-15-14-23(20-25(24)29(2)22-12-8-5-9-13-22)30-16-18-31(19-17-30)27(33)21-10-6-4-7-11-21/h4-15,20H,3,16-19H2,1-2H3,(H,28,32). The van der Waals surface area contributed by atoms with Crippen molar-refractivity contribution in [1.29, 1.82) is 0 Å². The Morgan fingerprint density at radius 1 is 0.879 bits per heavy atom. The number of anilines is 3. The first-order valence-electron chi connectivity index (χ1n) is 11.4. The first-order valence-corrected chi connectivity index (χ1v) is 11.4. The van der Waals surface area contributed by atoms with E-state index in [9.17, 15) is 9.59 Å². The molecule has 6 nitrogen and oxygen atoms in total. The highest BCUT2D eigenvalue weighted by Gasteiger charge is 2.24. The van der Waals surface area contributed by atoms with Crippen molar-refractivity contribution in [2.24, 2.45) is 0 Å². The van der Waals surface area contributed by atoms with Gasteiger partial charge in [-0.1, -0.05) is 36.4 Å². The Labute approximate surface area is 195 Å². The highest BCUT2D eigenvalue weighted by molar-refractivity contribution is 6.01. The number of nitrogens with zero attached hydrogens (tertiary/aromatic N) is 3. The molecule has 1 fully saturated rings. The minimum Gasteiger partial charge on any atom is -0.368 e. The van der Waals surface area contributed by atoms with Gasteiger partial charge in [-0.2, -0.15) is 0 Å². The van der Waals surface area contributed by atoms with Gasteiger partial charge in [0.2, 0.25) is 0 Å². The van der Waals surface area contributed by atoms with Crippen LogP contribution in [0, 0.1) is 0 Å². The minimum atomic E-state index is -0.0832. The molecular weight excluding hydrogens is 412 g/mol. The predicted octanol–water partition coefficient (Wildman–Crippen LogP) is 4.17. The minimum absolute atomic E-state index is 0.0753. The summed E-state index contributed by atoms with van der Waals surface area (Å²) in [6.45, 7) is 5.31. The quantitative estimate of drug-likeness (QED) is 0.623. The smallest absolute Gasteiger partial charge is 0.253 e. The number of carbonyl (C=O) groups excluding carboxylic acids is 2. The number of hydrogen-bond donors (Lipinski definition) is 1. The van der Waals surface area contributed by atoms with E-state index in [2.05, 4.69) is 16.3 Å². The van der Waals surface area contributed by atoms with E-state index in [0.29, 0.717) is 25.2 Å². The monoisotopic (exact) mass is 442 g/mol. The van der Waals surface area contributed by atoms with Gasteiger partial charge in [-0.05, 0) is 49.4 Å². The summed E-state index contributed by atoms with van der Waals surface area (Å²) in [7, 11) is 1.98. The number of hydrogen-bond acceptors (Lipinski definition) is 4. The van der Waals surface area contributed by atoms with Crippen LogP contribution in [0.1, 0.15) is 27.6 Å². The van der Waals surface area contributed by atoms with Crippen molar-refractivity contribution in [3.63, 3.8) is 0 Å². The second kappa shape index (κ2) is 10.2. The molecule has 0 aromatic heterocycles. The molecular formula is C27H30N4O2. The predicted molar refractivity (Wildman–Crippen MR) is 134 cm³/mol. The van der Waals surface area contributed by atoms with E-state index in [4.69, 9.17) is 0 Å². The van der Waals surface area contributed by atoms with Crippen molar-refractivity contribution >= 4 is 28.9 Å². The van der Waals surface area contributed by atoms with Crippen molar-refractivity contribution in [2.45, 2.75) is 6.92 Å². The lowest BCUT2D eigenvalue weighted by Gasteiger charge is -2.36. The van der Waals surface area contributed by atoms with Gasteiger partial charge in [-0.3, -0.25) is 9.59 Å². The van der Waals surface area contributed by atoms with E-state index in [1.54, 1.807) is 0 Å². The van der Waals surface area contributed by atoms with Crippen LogP contribution in [0.5, 0.6) is 0 Å². The van der Waals surface area contributed by atoms with E-state index in [1.165, 1.54) is 0 Å². The summed E-state index contributed by atoms with van der Waals surface area (Å²) >= 11 is 0. The number of carbonyl (C=O) groups is 2. The van der Waals surface area contributed by atoms with Crippen LogP contribution < -0.4 is 15.1 Å². The van der Waals surface area contributed by atoms with Crippen LogP contribution >= 0.6 is 0 Å². The lowest BCUT2D eigenvalue weighted by molar-refractivity contribution is 0.0746. The summed E-state index contributed by atoms with van der Waals surface area (Å²) in [4.78, 5) is 31.8. The summed E-state index contributed by atoms with van der Waals surface area (Å²) in [6, 6.07) is 25.4. The molecule has 2 amide bonds. The summed E-state index contributed by atoms with van der Waals surface area (Å²) in [6.07, 6.45) is 0. The maximum absolute atomic E-state index is 12.8. The molecule has 1 heterocycles. The second-order valence-electron chi connectivity index (χ2n) is 8.10. The number of para-hydroxylation sites is 1. The van der Waals surface area contributed by atoms with Crippen molar-refractivity contribution in [2.75, 3.05) is 49.6 Å². The first kappa shape index (κ1) is 22.4. The Hall–Kier alpha value is -3.80. The van der Waals surface area contributed by atoms with Crippen molar-refractivity contribution in [1.82, 2.24) is 10.2 Å². The Kier molecular flexibility index (Phi) is 6.93. The molecule has 0 aliphatic carbocycles. The Morgan fingerprint density at radius 3 is 2.15 bits per heavy atom. The van der Waals surface area contributed by atoms with Crippen molar-refractivity contribution in [3.8, 4) is 0 Å². The molecule has 1 aliphatic rings. The van der Waals surface area contributed by atoms with Crippen molar-refractivity contribution in [3.05, 3.63) is 90.0 Å². The van der Waals surface area contributed by atoms with Gasteiger partial charge >= 0.3 is 0 Å². The third kappa shape index (κ3) is 5.00. The van der Waals surface area contributed by atoms with E-state index in [-0.39, 0.29) is 11.8 Å². The fourth-order valence-corrected chi connectivity index (χ4v) is 4.16. The maximum Gasteiger partial charge on any atom is 0.253 e. The van der Waals surface area contributed by atoms with E-state index in [0.717, 1.165) is 35.7 Å². The average molecular weight is 443 g/mol. The molecule has 6 heteroatoms. The largest absolute Gasteiger partial charge is 0.368 e. The Morgan fingerprint density at radius 2 is 1.52 bits per heavy atom. The van der Waals surface area contributed by atoms with E-state index < -0.39 is 0 Å². The lowest BCUT2D eigenvalue weighted by atomic mass is 10.1. The maximum atomic E-state index is 12.8. The topological polar surface area (TPSA) is 55.9 Å². The van der Waals surface area contributed by atoms with Gasteiger partial charge < -0.3 is 20.0 Å².